The Labute approximate surface area is 142 Å². The molecular formula is C18H25N5O. The zero-order valence-corrected chi connectivity index (χ0v) is 14.9. The number of nitrogens with one attached hydrogen (secondary N) is 1. The van der Waals surface area contributed by atoms with Gasteiger partial charge < -0.3 is 10.2 Å². The molecule has 3 rings (SSSR count). The predicted molar refractivity (Wildman–Crippen MR) is 95.7 cm³/mol. The molecule has 3 heterocycles. The second kappa shape index (κ2) is 6.63. The van der Waals surface area contributed by atoms with Gasteiger partial charge >= 0.3 is 0 Å². The Kier molecular flexibility index (Phi) is 4.55. The fraction of sp³-hybridized carbons (Fsp3) is 0.500. The van der Waals surface area contributed by atoms with Crippen molar-refractivity contribution in [2.75, 3.05) is 23.3 Å². The second-order valence-corrected chi connectivity index (χ2v) is 6.54. The van der Waals surface area contributed by atoms with Crippen molar-refractivity contribution < 1.29 is 4.79 Å². The summed E-state index contributed by atoms with van der Waals surface area (Å²) < 4.78 is 1.73. The van der Waals surface area contributed by atoms with Crippen LogP contribution >= 0.6 is 0 Å². The van der Waals surface area contributed by atoms with E-state index < -0.39 is 0 Å². The van der Waals surface area contributed by atoms with E-state index in [0.717, 1.165) is 41.5 Å². The van der Waals surface area contributed by atoms with Gasteiger partial charge in [-0.25, -0.2) is 4.98 Å². The molecule has 1 fully saturated rings. The van der Waals surface area contributed by atoms with E-state index in [1.807, 2.05) is 33.9 Å². The van der Waals surface area contributed by atoms with Crippen molar-refractivity contribution in [1.29, 1.82) is 0 Å². The van der Waals surface area contributed by atoms with Gasteiger partial charge in [-0.2, -0.15) is 5.10 Å². The number of nitrogens with zero attached hydrogens (tertiary/aromatic N) is 4. The number of aryl methyl sites for hydroxylation is 3. The Bertz CT molecular complexity index is 759. The molecular weight excluding hydrogens is 302 g/mol. The molecule has 1 amide bonds. The number of pyridine rings is 1. The SMILES string of the molecule is Cc1cc(NC(=O)c2c(C)nn(C)c2C)cnc1N1CCCCC1. The van der Waals surface area contributed by atoms with Crippen molar-refractivity contribution in [3.05, 3.63) is 34.8 Å². The fourth-order valence-corrected chi connectivity index (χ4v) is 3.37. The highest BCUT2D eigenvalue weighted by molar-refractivity contribution is 6.05. The number of aromatic nitrogens is 3. The average molecular weight is 327 g/mol. The van der Waals surface area contributed by atoms with Gasteiger partial charge in [0, 0.05) is 25.8 Å². The standard InChI is InChI=1S/C18H25N5O/c1-12-10-15(11-19-17(12)23-8-6-5-7-9-23)20-18(24)16-13(2)21-22(4)14(16)3/h10-11H,5-9H2,1-4H3,(H,20,24). The summed E-state index contributed by atoms with van der Waals surface area (Å²) in [5.41, 5.74) is 4.05. The number of hydrogen-bond acceptors (Lipinski definition) is 4. The summed E-state index contributed by atoms with van der Waals surface area (Å²) in [7, 11) is 1.85. The zero-order valence-electron chi connectivity index (χ0n) is 14.9. The number of piperidine rings is 1. The van der Waals surface area contributed by atoms with Crippen LogP contribution in [0.4, 0.5) is 11.5 Å². The van der Waals surface area contributed by atoms with Crippen LogP contribution in [-0.4, -0.2) is 33.8 Å². The Morgan fingerprint density at radius 2 is 1.88 bits per heavy atom. The van der Waals surface area contributed by atoms with Gasteiger partial charge in [0.1, 0.15) is 5.82 Å². The third-order valence-corrected chi connectivity index (χ3v) is 4.70. The number of rotatable bonds is 3. The summed E-state index contributed by atoms with van der Waals surface area (Å²) in [6.07, 6.45) is 5.49. The summed E-state index contributed by atoms with van der Waals surface area (Å²) in [5, 5.41) is 7.25. The van der Waals surface area contributed by atoms with Crippen LogP contribution in [0.3, 0.4) is 0 Å². The van der Waals surface area contributed by atoms with E-state index in [0.29, 0.717) is 5.56 Å². The summed E-state index contributed by atoms with van der Waals surface area (Å²) >= 11 is 0. The van der Waals surface area contributed by atoms with Crippen LogP contribution in [-0.2, 0) is 7.05 Å². The van der Waals surface area contributed by atoms with Crippen LogP contribution in [0.15, 0.2) is 12.3 Å². The topological polar surface area (TPSA) is 63.1 Å². The van der Waals surface area contributed by atoms with Gasteiger partial charge in [0.25, 0.3) is 5.91 Å². The molecule has 24 heavy (non-hydrogen) atoms. The lowest BCUT2D eigenvalue weighted by Crippen LogP contribution is -2.30. The number of carbonyl (C=O) groups excluding carboxylic acids is 1. The normalized spacial score (nSPS) is 14.8. The van der Waals surface area contributed by atoms with Gasteiger partial charge in [0.2, 0.25) is 0 Å². The molecule has 0 aromatic carbocycles. The van der Waals surface area contributed by atoms with Gasteiger partial charge in [-0.1, -0.05) is 0 Å². The maximum Gasteiger partial charge on any atom is 0.259 e. The first-order chi connectivity index (χ1) is 11.5. The van der Waals surface area contributed by atoms with Gasteiger partial charge in [0.15, 0.2) is 0 Å². The highest BCUT2D eigenvalue weighted by Gasteiger charge is 2.19. The van der Waals surface area contributed by atoms with E-state index in [-0.39, 0.29) is 5.91 Å². The molecule has 0 aliphatic carbocycles. The van der Waals surface area contributed by atoms with Gasteiger partial charge in [0.05, 0.1) is 23.1 Å². The lowest BCUT2D eigenvalue weighted by molar-refractivity contribution is 0.102. The number of amides is 1. The van der Waals surface area contributed by atoms with E-state index in [9.17, 15) is 4.79 Å². The minimum absolute atomic E-state index is 0.134. The highest BCUT2D eigenvalue weighted by atomic mass is 16.1. The summed E-state index contributed by atoms with van der Waals surface area (Å²) in [5.74, 6) is 0.895. The summed E-state index contributed by atoms with van der Waals surface area (Å²) in [6, 6.07) is 2.00. The lowest BCUT2D eigenvalue weighted by atomic mass is 10.1. The lowest BCUT2D eigenvalue weighted by Gasteiger charge is -2.29. The van der Waals surface area contributed by atoms with Crippen molar-refractivity contribution in [3.8, 4) is 0 Å². The molecule has 0 radical (unpaired) electrons. The molecule has 0 unspecified atom stereocenters. The van der Waals surface area contributed by atoms with Crippen molar-refractivity contribution in [1.82, 2.24) is 14.8 Å². The van der Waals surface area contributed by atoms with E-state index in [1.54, 1.807) is 10.9 Å². The first-order valence-electron chi connectivity index (χ1n) is 8.50. The molecule has 0 bridgehead atoms. The quantitative estimate of drug-likeness (QED) is 0.941. The van der Waals surface area contributed by atoms with Crippen LogP contribution in [0.1, 0.15) is 46.6 Å². The molecule has 0 spiro atoms. The predicted octanol–water partition coefficient (Wildman–Crippen LogP) is 2.98. The molecule has 1 N–H and O–H groups in total. The maximum atomic E-state index is 12.6. The van der Waals surface area contributed by atoms with Crippen LogP contribution < -0.4 is 10.2 Å². The van der Waals surface area contributed by atoms with E-state index >= 15 is 0 Å². The molecule has 1 aliphatic heterocycles. The summed E-state index contributed by atoms with van der Waals surface area (Å²) in [6.45, 7) is 7.93. The number of hydrogen-bond donors (Lipinski definition) is 1. The third-order valence-electron chi connectivity index (χ3n) is 4.70. The average Bonchev–Trinajstić information content (AvgIpc) is 2.81. The van der Waals surface area contributed by atoms with Crippen molar-refractivity contribution in [2.24, 2.45) is 7.05 Å². The van der Waals surface area contributed by atoms with Crippen LogP contribution in [0.5, 0.6) is 0 Å². The van der Waals surface area contributed by atoms with Crippen LogP contribution in [0.25, 0.3) is 0 Å². The Balaban J connectivity index is 1.78. The van der Waals surface area contributed by atoms with Crippen LogP contribution in [0, 0.1) is 20.8 Å². The van der Waals surface area contributed by atoms with E-state index in [4.69, 9.17) is 0 Å². The van der Waals surface area contributed by atoms with Crippen molar-refractivity contribution >= 4 is 17.4 Å². The largest absolute Gasteiger partial charge is 0.356 e. The minimum Gasteiger partial charge on any atom is -0.356 e. The Morgan fingerprint density at radius 1 is 1.17 bits per heavy atom. The monoisotopic (exact) mass is 327 g/mol. The zero-order chi connectivity index (χ0) is 17.3. The van der Waals surface area contributed by atoms with Gasteiger partial charge in [-0.3, -0.25) is 9.48 Å². The summed E-state index contributed by atoms with van der Waals surface area (Å²) in [4.78, 5) is 19.5. The first kappa shape index (κ1) is 16.5. The fourth-order valence-electron chi connectivity index (χ4n) is 3.37. The third kappa shape index (κ3) is 3.13. The maximum absolute atomic E-state index is 12.6. The molecule has 0 atom stereocenters. The Hall–Kier alpha value is -2.37. The van der Waals surface area contributed by atoms with Crippen molar-refractivity contribution in [3.63, 3.8) is 0 Å². The molecule has 6 heteroatoms. The second-order valence-electron chi connectivity index (χ2n) is 6.54. The van der Waals surface area contributed by atoms with Crippen molar-refractivity contribution in [2.45, 2.75) is 40.0 Å². The van der Waals surface area contributed by atoms with Crippen LogP contribution in [0.2, 0.25) is 0 Å². The molecule has 6 nitrogen and oxygen atoms in total. The molecule has 1 aliphatic rings. The van der Waals surface area contributed by atoms with Gasteiger partial charge in [-0.15, -0.1) is 0 Å². The smallest absolute Gasteiger partial charge is 0.259 e. The molecule has 1 saturated heterocycles. The molecule has 0 saturated carbocycles. The number of anilines is 2. The van der Waals surface area contributed by atoms with E-state index in [2.05, 4.69) is 20.3 Å². The van der Waals surface area contributed by atoms with E-state index in [1.165, 1.54) is 19.3 Å². The first-order valence-corrected chi connectivity index (χ1v) is 8.50. The Morgan fingerprint density at radius 3 is 2.46 bits per heavy atom. The molecule has 2 aromatic rings. The molecule has 2 aromatic heterocycles. The highest BCUT2D eigenvalue weighted by Crippen LogP contribution is 2.24. The number of carbonyl (C=O) groups is 1. The molecule has 128 valence electrons. The minimum atomic E-state index is -0.134. The van der Waals surface area contributed by atoms with Gasteiger partial charge in [-0.05, 0) is 51.7 Å².